The molecule has 4 heteroatoms. The summed E-state index contributed by atoms with van der Waals surface area (Å²) in [6.45, 7) is 7.19. The van der Waals surface area contributed by atoms with Crippen molar-refractivity contribution in [2.75, 3.05) is 26.3 Å². The Balaban J connectivity index is 1.99. The molecule has 0 fully saturated rings. The molecular weight excluding hydrogens is 282 g/mol. The van der Waals surface area contributed by atoms with E-state index >= 15 is 0 Å². The summed E-state index contributed by atoms with van der Waals surface area (Å²) in [5.41, 5.74) is 0. The van der Waals surface area contributed by atoms with Crippen molar-refractivity contribution in [3.05, 3.63) is 28.7 Å². The second-order valence-electron chi connectivity index (χ2n) is 3.97. The summed E-state index contributed by atoms with van der Waals surface area (Å²) >= 11 is 3.39. The Morgan fingerprint density at radius 1 is 1.12 bits per heavy atom. The van der Waals surface area contributed by atoms with Gasteiger partial charge in [-0.15, -0.1) is 0 Å². The van der Waals surface area contributed by atoms with Crippen LogP contribution in [0.5, 0.6) is 5.75 Å². The Labute approximate surface area is 112 Å². The first-order chi connectivity index (χ1) is 8.18. The number of halogens is 1. The lowest BCUT2D eigenvalue weighted by atomic mass is 10.3. The fourth-order valence-corrected chi connectivity index (χ4v) is 1.53. The zero-order valence-corrected chi connectivity index (χ0v) is 12.0. The Morgan fingerprint density at radius 3 is 2.41 bits per heavy atom. The molecule has 3 nitrogen and oxygen atoms in total. The minimum atomic E-state index is 0.302. The summed E-state index contributed by atoms with van der Waals surface area (Å²) in [7, 11) is 0. The molecule has 0 heterocycles. The first-order valence-corrected chi connectivity index (χ1v) is 6.68. The van der Waals surface area contributed by atoms with Crippen LogP contribution in [0.2, 0.25) is 0 Å². The monoisotopic (exact) mass is 301 g/mol. The lowest BCUT2D eigenvalue weighted by molar-refractivity contribution is 0.0804. The zero-order valence-electron chi connectivity index (χ0n) is 10.4. The Morgan fingerprint density at radius 2 is 1.76 bits per heavy atom. The molecule has 96 valence electrons. The van der Waals surface area contributed by atoms with Crippen LogP contribution in [0.1, 0.15) is 13.8 Å². The van der Waals surface area contributed by atoms with Crippen molar-refractivity contribution >= 4 is 15.9 Å². The summed E-state index contributed by atoms with van der Waals surface area (Å²) in [5.74, 6) is 0.897. The van der Waals surface area contributed by atoms with Gasteiger partial charge in [0.15, 0.2) is 0 Å². The Kier molecular flexibility index (Phi) is 7.24. The molecule has 0 aliphatic heterocycles. The van der Waals surface area contributed by atoms with Crippen LogP contribution in [0.4, 0.5) is 0 Å². The maximum atomic E-state index is 5.56. The Hall–Kier alpha value is -0.580. The third kappa shape index (κ3) is 7.36. The van der Waals surface area contributed by atoms with Crippen LogP contribution < -0.4 is 10.1 Å². The molecule has 0 amide bonds. The number of nitrogens with one attached hydrogen (secondary N) is 1. The number of hydrogen-bond acceptors (Lipinski definition) is 3. The number of benzene rings is 1. The van der Waals surface area contributed by atoms with Crippen molar-refractivity contribution in [3.8, 4) is 5.75 Å². The first-order valence-electron chi connectivity index (χ1n) is 5.89. The zero-order chi connectivity index (χ0) is 12.5. The van der Waals surface area contributed by atoms with Crippen LogP contribution >= 0.6 is 15.9 Å². The molecule has 0 spiro atoms. The van der Waals surface area contributed by atoms with Crippen LogP contribution in [0, 0.1) is 0 Å². The van der Waals surface area contributed by atoms with Crippen LogP contribution in [0.3, 0.4) is 0 Å². The van der Waals surface area contributed by atoms with E-state index in [0.717, 1.165) is 29.9 Å². The van der Waals surface area contributed by atoms with Crippen molar-refractivity contribution in [2.24, 2.45) is 0 Å². The van der Waals surface area contributed by atoms with Crippen molar-refractivity contribution in [3.63, 3.8) is 0 Å². The molecule has 0 aromatic heterocycles. The summed E-state index contributed by atoms with van der Waals surface area (Å²) in [6, 6.07) is 7.84. The highest BCUT2D eigenvalue weighted by Crippen LogP contribution is 2.15. The SMILES string of the molecule is CC(C)OCCNCCOc1ccc(Br)cc1. The Bertz CT molecular complexity index is 301. The second-order valence-corrected chi connectivity index (χ2v) is 4.89. The lowest BCUT2D eigenvalue weighted by Gasteiger charge is -2.09. The van der Waals surface area contributed by atoms with Crippen molar-refractivity contribution in [1.82, 2.24) is 5.32 Å². The van der Waals surface area contributed by atoms with Gasteiger partial charge < -0.3 is 14.8 Å². The highest BCUT2D eigenvalue weighted by atomic mass is 79.9. The van der Waals surface area contributed by atoms with Gasteiger partial charge in [0.25, 0.3) is 0 Å². The molecule has 0 radical (unpaired) electrons. The topological polar surface area (TPSA) is 30.5 Å². The van der Waals surface area contributed by atoms with Gasteiger partial charge in [0, 0.05) is 17.6 Å². The molecule has 0 aliphatic rings. The van der Waals surface area contributed by atoms with Crippen LogP contribution in [-0.2, 0) is 4.74 Å². The van der Waals surface area contributed by atoms with E-state index in [9.17, 15) is 0 Å². The highest BCUT2D eigenvalue weighted by Gasteiger charge is 1.94. The molecule has 1 aromatic rings. The van der Waals surface area contributed by atoms with Crippen molar-refractivity contribution in [2.45, 2.75) is 20.0 Å². The molecule has 0 bridgehead atoms. The minimum Gasteiger partial charge on any atom is -0.492 e. The van der Waals surface area contributed by atoms with Gasteiger partial charge in [-0.25, -0.2) is 0 Å². The van der Waals surface area contributed by atoms with Gasteiger partial charge in [-0.2, -0.15) is 0 Å². The largest absolute Gasteiger partial charge is 0.492 e. The van der Waals surface area contributed by atoms with E-state index in [1.54, 1.807) is 0 Å². The van der Waals surface area contributed by atoms with E-state index in [1.807, 2.05) is 38.1 Å². The fourth-order valence-electron chi connectivity index (χ4n) is 1.26. The second kappa shape index (κ2) is 8.50. The number of ether oxygens (including phenoxy) is 2. The van der Waals surface area contributed by atoms with E-state index in [1.165, 1.54) is 0 Å². The van der Waals surface area contributed by atoms with Crippen molar-refractivity contribution < 1.29 is 9.47 Å². The smallest absolute Gasteiger partial charge is 0.119 e. The van der Waals surface area contributed by atoms with Gasteiger partial charge in [-0.05, 0) is 38.1 Å². The maximum Gasteiger partial charge on any atom is 0.119 e. The average Bonchev–Trinajstić information content (AvgIpc) is 2.30. The maximum absolute atomic E-state index is 5.56. The highest BCUT2D eigenvalue weighted by molar-refractivity contribution is 9.10. The average molecular weight is 302 g/mol. The van der Waals surface area contributed by atoms with Crippen molar-refractivity contribution in [1.29, 1.82) is 0 Å². The molecule has 0 saturated heterocycles. The predicted octanol–water partition coefficient (Wildman–Crippen LogP) is 2.84. The third-order valence-electron chi connectivity index (χ3n) is 2.09. The summed E-state index contributed by atoms with van der Waals surface area (Å²) in [5, 5.41) is 3.26. The lowest BCUT2D eigenvalue weighted by Crippen LogP contribution is -2.25. The van der Waals surface area contributed by atoms with Gasteiger partial charge in [0.1, 0.15) is 12.4 Å². The third-order valence-corrected chi connectivity index (χ3v) is 2.62. The summed E-state index contributed by atoms with van der Waals surface area (Å²) in [6.07, 6.45) is 0.302. The molecular formula is C13H20BrNO2. The molecule has 0 atom stereocenters. The van der Waals surface area contributed by atoms with Gasteiger partial charge >= 0.3 is 0 Å². The molecule has 1 rings (SSSR count). The van der Waals surface area contributed by atoms with Crippen LogP contribution in [-0.4, -0.2) is 32.4 Å². The summed E-state index contributed by atoms with van der Waals surface area (Å²) < 4.78 is 12.0. The van der Waals surface area contributed by atoms with Gasteiger partial charge in [-0.3, -0.25) is 0 Å². The first kappa shape index (κ1) is 14.5. The minimum absolute atomic E-state index is 0.302. The molecule has 1 N–H and O–H groups in total. The van der Waals surface area contributed by atoms with E-state index in [2.05, 4.69) is 21.2 Å². The van der Waals surface area contributed by atoms with E-state index in [4.69, 9.17) is 9.47 Å². The van der Waals surface area contributed by atoms with Gasteiger partial charge in [-0.1, -0.05) is 15.9 Å². The van der Waals surface area contributed by atoms with Gasteiger partial charge in [0.05, 0.1) is 12.7 Å². The van der Waals surface area contributed by atoms with Crippen LogP contribution in [0.15, 0.2) is 28.7 Å². The molecule has 0 unspecified atom stereocenters. The quantitative estimate of drug-likeness (QED) is 0.749. The van der Waals surface area contributed by atoms with Gasteiger partial charge in [0.2, 0.25) is 0 Å². The number of rotatable bonds is 8. The standard InChI is InChI=1S/C13H20BrNO2/c1-11(2)16-9-7-15-8-10-17-13-5-3-12(14)4-6-13/h3-6,11,15H,7-10H2,1-2H3. The fraction of sp³-hybridized carbons (Fsp3) is 0.538. The predicted molar refractivity (Wildman–Crippen MR) is 73.6 cm³/mol. The molecule has 0 aliphatic carbocycles. The van der Waals surface area contributed by atoms with Crippen LogP contribution in [0.25, 0.3) is 0 Å². The normalized spacial score (nSPS) is 10.8. The van der Waals surface area contributed by atoms with E-state index in [-0.39, 0.29) is 0 Å². The molecule has 1 aromatic carbocycles. The molecule has 0 saturated carbocycles. The van der Waals surface area contributed by atoms with E-state index in [0.29, 0.717) is 12.7 Å². The van der Waals surface area contributed by atoms with E-state index < -0.39 is 0 Å². The summed E-state index contributed by atoms with van der Waals surface area (Å²) in [4.78, 5) is 0. The molecule has 17 heavy (non-hydrogen) atoms. The number of hydrogen-bond donors (Lipinski definition) is 1.